The fourth-order valence-electron chi connectivity index (χ4n) is 3.08. The van der Waals surface area contributed by atoms with Gasteiger partial charge in [0.25, 0.3) is 5.69 Å². The van der Waals surface area contributed by atoms with Crippen LogP contribution in [0, 0.1) is 10.1 Å². The molecule has 2 aromatic heterocycles. The van der Waals surface area contributed by atoms with Crippen LogP contribution in [0.2, 0.25) is 0 Å². The Morgan fingerprint density at radius 2 is 1.84 bits per heavy atom. The third kappa shape index (κ3) is 3.80. The molecule has 2 aromatic carbocycles. The highest BCUT2D eigenvalue weighted by atomic mass is 19.4. The smallest absolute Gasteiger partial charge is 0.287 e. The van der Waals surface area contributed by atoms with E-state index in [-0.39, 0.29) is 28.2 Å². The van der Waals surface area contributed by atoms with Crippen molar-refractivity contribution in [2.45, 2.75) is 6.18 Å². The standard InChI is InChI=1S/C20H12F3N5O3/c21-20(22,23)13-4-1-3-12(9-13)16-11-24-26-18(19(16)29)17-7-8-25-27(17)14-5-2-6-15(10-14)28(30)31/h1-11H,(H,24,29). The van der Waals surface area contributed by atoms with Crippen LogP contribution in [0.15, 0.2) is 71.8 Å². The first-order valence-electron chi connectivity index (χ1n) is 8.80. The van der Waals surface area contributed by atoms with E-state index >= 15 is 0 Å². The van der Waals surface area contributed by atoms with Gasteiger partial charge in [0, 0.05) is 23.9 Å². The van der Waals surface area contributed by atoms with Gasteiger partial charge in [0.1, 0.15) is 0 Å². The maximum Gasteiger partial charge on any atom is 0.416 e. The Kier molecular flexibility index (Phi) is 4.85. The molecular weight excluding hydrogens is 415 g/mol. The largest absolute Gasteiger partial charge is 0.416 e. The lowest BCUT2D eigenvalue weighted by Crippen LogP contribution is -2.14. The van der Waals surface area contributed by atoms with E-state index in [1.54, 1.807) is 6.07 Å². The van der Waals surface area contributed by atoms with Crippen LogP contribution in [-0.4, -0.2) is 24.9 Å². The van der Waals surface area contributed by atoms with Gasteiger partial charge in [-0.15, -0.1) is 0 Å². The maximum atomic E-state index is 13.1. The Morgan fingerprint density at radius 3 is 2.58 bits per heavy atom. The summed E-state index contributed by atoms with van der Waals surface area (Å²) in [6.45, 7) is 0. The Bertz CT molecular complexity index is 1340. The third-order valence-electron chi connectivity index (χ3n) is 4.52. The second-order valence-electron chi connectivity index (χ2n) is 6.46. The highest BCUT2D eigenvalue weighted by Gasteiger charge is 2.30. The number of benzene rings is 2. The van der Waals surface area contributed by atoms with Crippen LogP contribution in [0.1, 0.15) is 5.56 Å². The van der Waals surface area contributed by atoms with E-state index in [0.717, 1.165) is 12.1 Å². The van der Waals surface area contributed by atoms with Crippen LogP contribution in [0.4, 0.5) is 18.9 Å². The Hall–Kier alpha value is -4.28. The number of halogens is 3. The summed E-state index contributed by atoms with van der Waals surface area (Å²) in [6, 6.07) is 11.5. The van der Waals surface area contributed by atoms with Crippen molar-refractivity contribution in [3.05, 3.63) is 92.9 Å². The normalized spacial score (nSPS) is 11.5. The zero-order valence-electron chi connectivity index (χ0n) is 15.5. The highest BCUT2D eigenvalue weighted by molar-refractivity contribution is 5.69. The zero-order valence-corrected chi connectivity index (χ0v) is 15.5. The summed E-state index contributed by atoms with van der Waals surface area (Å²) in [7, 11) is 0. The van der Waals surface area contributed by atoms with Gasteiger partial charge in [0.05, 0.1) is 28.1 Å². The van der Waals surface area contributed by atoms with Gasteiger partial charge in [0.2, 0.25) is 5.43 Å². The summed E-state index contributed by atoms with van der Waals surface area (Å²) in [5.41, 5.74) is -1.17. The van der Waals surface area contributed by atoms with E-state index in [1.165, 1.54) is 53.5 Å². The summed E-state index contributed by atoms with van der Waals surface area (Å²) in [4.78, 5) is 23.6. The summed E-state index contributed by atoms with van der Waals surface area (Å²) >= 11 is 0. The van der Waals surface area contributed by atoms with E-state index < -0.39 is 22.1 Å². The Labute approximate surface area is 171 Å². The predicted molar refractivity (Wildman–Crippen MR) is 105 cm³/mol. The van der Waals surface area contributed by atoms with Crippen molar-refractivity contribution in [1.29, 1.82) is 0 Å². The zero-order chi connectivity index (χ0) is 22.2. The van der Waals surface area contributed by atoms with Crippen LogP contribution in [0.5, 0.6) is 0 Å². The van der Waals surface area contributed by atoms with E-state index in [4.69, 9.17) is 0 Å². The van der Waals surface area contributed by atoms with E-state index in [9.17, 15) is 28.1 Å². The monoisotopic (exact) mass is 427 g/mol. The molecule has 0 amide bonds. The van der Waals surface area contributed by atoms with Crippen LogP contribution in [-0.2, 0) is 6.18 Å². The van der Waals surface area contributed by atoms with Crippen LogP contribution in [0.3, 0.4) is 0 Å². The molecule has 2 heterocycles. The summed E-state index contributed by atoms with van der Waals surface area (Å²) in [6.07, 6.45) is -1.96. The maximum absolute atomic E-state index is 13.1. The molecule has 0 aliphatic heterocycles. The van der Waals surface area contributed by atoms with E-state index in [1.807, 2.05) is 0 Å². The van der Waals surface area contributed by atoms with Crippen molar-refractivity contribution in [3.8, 4) is 28.2 Å². The van der Waals surface area contributed by atoms with Gasteiger partial charge < -0.3 is 0 Å². The van der Waals surface area contributed by atoms with Crippen molar-refractivity contribution >= 4 is 5.69 Å². The number of hydrogen-bond acceptors (Lipinski definition) is 5. The van der Waals surface area contributed by atoms with Gasteiger partial charge in [0.15, 0.2) is 5.69 Å². The predicted octanol–water partition coefficient (Wildman–Crippen LogP) is 4.22. The quantitative estimate of drug-likeness (QED) is 0.388. The van der Waals surface area contributed by atoms with Crippen LogP contribution >= 0.6 is 0 Å². The van der Waals surface area contributed by atoms with Crippen molar-refractivity contribution in [2.24, 2.45) is 0 Å². The van der Waals surface area contributed by atoms with Gasteiger partial charge in [-0.3, -0.25) is 20.0 Å². The van der Waals surface area contributed by atoms with Gasteiger partial charge in [-0.1, -0.05) is 18.2 Å². The van der Waals surface area contributed by atoms with E-state index in [0.29, 0.717) is 5.69 Å². The van der Waals surface area contributed by atoms with Gasteiger partial charge in [-0.2, -0.15) is 23.4 Å². The van der Waals surface area contributed by atoms with Crippen molar-refractivity contribution in [2.75, 3.05) is 0 Å². The molecule has 0 unspecified atom stereocenters. The van der Waals surface area contributed by atoms with Gasteiger partial charge in [-0.25, -0.2) is 4.68 Å². The van der Waals surface area contributed by atoms with Crippen molar-refractivity contribution in [3.63, 3.8) is 0 Å². The molecule has 0 bridgehead atoms. The van der Waals surface area contributed by atoms with Crippen LogP contribution in [0.25, 0.3) is 28.2 Å². The number of nitrogens with zero attached hydrogens (tertiary/aromatic N) is 4. The minimum absolute atomic E-state index is 0.0112. The fraction of sp³-hybridized carbons (Fsp3) is 0.0500. The number of aromatic nitrogens is 4. The molecular formula is C20H12F3N5O3. The topological polar surface area (TPSA) is 107 Å². The SMILES string of the molecule is O=c1c(-c2cccc(C(F)(F)F)c2)c[nH]nc1-c1ccnn1-c1cccc([N+](=O)[O-])c1. The second kappa shape index (κ2) is 7.52. The molecule has 4 aromatic rings. The molecule has 11 heteroatoms. The fourth-order valence-corrected chi connectivity index (χ4v) is 3.08. The minimum Gasteiger partial charge on any atom is -0.287 e. The third-order valence-corrected chi connectivity index (χ3v) is 4.52. The molecule has 0 atom stereocenters. The van der Waals surface area contributed by atoms with Crippen molar-refractivity contribution < 1.29 is 18.1 Å². The molecule has 0 spiro atoms. The molecule has 0 radical (unpaired) electrons. The molecule has 1 N–H and O–H groups in total. The number of nitro benzene ring substituents is 1. The van der Waals surface area contributed by atoms with Crippen molar-refractivity contribution in [1.82, 2.24) is 20.0 Å². The second-order valence-corrected chi connectivity index (χ2v) is 6.46. The van der Waals surface area contributed by atoms with Gasteiger partial charge >= 0.3 is 6.18 Å². The number of rotatable bonds is 4. The Morgan fingerprint density at radius 1 is 1.06 bits per heavy atom. The summed E-state index contributed by atoms with van der Waals surface area (Å²) < 4.78 is 40.5. The molecule has 156 valence electrons. The number of aromatic amines is 1. The number of hydrogen-bond donors (Lipinski definition) is 1. The highest BCUT2D eigenvalue weighted by Crippen LogP contribution is 2.31. The first kappa shape index (κ1) is 20.0. The molecule has 4 rings (SSSR count). The number of H-pyrrole nitrogens is 1. The average molecular weight is 427 g/mol. The summed E-state index contributed by atoms with van der Waals surface area (Å²) in [5.74, 6) is 0. The number of nitrogens with one attached hydrogen (secondary N) is 1. The number of non-ortho nitro benzene ring substituents is 1. The molecule has 31 heavy (non-hydrogen) atoms. The first-order chi connectivity index (χ1) is 14.8. The molecule has 0 saturated carbocycles. The Balaban J connectivity index is 1.83. The molecule has 8 nitrogen and oxygen atoms in total. The lowest BCUT2D eigenvalue weighted by atomic mass is 10.0. The number of nitro groups is 1. The average Bonchev–Trinajstić information content (AvgIpc) is 3.23. The molecule has 0 fully saturated rings. The molecule has 0 aliphatic rings. The molecule has 0 saturated heterocycles. The van der Waals surface area contributed by atoms with Gasteiger partial charge in [-0.05, 0) is 29.8 Å². The molecule has 0 aliphatic carbocycles. The number of alkyl halides is 3. The first-order valence-corrected chi connectivity index (χ1v) is 8.80. The minimum atomic E-state index is -4.56. The van der Waals surface area contributed by atoms with Crippen LogP contribution < -0.4 is 5.43 Å². The lowest BCUT2D eigenvalue weighted by molar-refractivity contribution is -0.384. The van der Waals surface area contributed by atoms with E-state index in [2.05, 4.69) is 15.3 Å². The summed E-state index contributed by atoms with van der Waals surface area (Å²) in [5, 5.41) is 21.7. The lowest BCUT2D eigenvalue weighted by Gasteiger charge is -2.10.